The number of aliphatic hydroxyl groups excluding tert-OH is 1. The molecule has 2 heterocycles. The van der Waals surface area contributed by atoms with E-state index >= 15 is 0 Å². The summed E-state index contributed by atoms with van der Waals surface area (Å²) in [6.07, 6.45) is 4.71. The second-order valence-electron chi connectivity index (χ2n) is 4.97. The maximum atomic E-state index is 9.48. The van der Waals surface area contributed by atoms with Crippen molar-refractivity contribution in [1.29, 1.82) is 0 Å². The van der Waals surface area contributed by atoms with Crippen LogP contribution in [-0.2, 0) is 0 Å². The smallest absolute Gasteiger partial charge is 0.205 e. The highest BCUT2D eigenvalue weighted by Gasteiger charge is 2.23. The van der Waals surface area contributed by atoms with E-state index in [1.54, 1.807) is 0 Å². The molecule has 1 N–H and O–H groups in total. The molecule has 5 heteroatoms. The Balaban J connectivity index is 2.16. The Morgan fingerprint density at radius 2 is 2.24 bits per heavy atom. The fraction of sp³-hybridized carbons (Fsp3) is 0.833. The first kappa shape index (κ1) is 12.8. The van der Waals surface area contributed by atoms with Crippen LogP contribution in [0.1, 0.15) is 51.3 Å². The third kappa shape index (κ3) is 2.96. The van der Waals surface area contributed by atoms with E-state index in [1.807, 2.05) is 0 Å². The Morgan fingerprint density at radius 3 is 2.88 bits per heavy atom. The van der Waals surface area contributed by atoms with Crippen molar-refractivity contribution < 1.29 is 5.11 Å². The van der Waals surface area contributed by atoms with Crippen molar-refractivity contribution in [2.45, 2.75) is 51.5 Å². The van der Waals surface area contributed by atoms with Gasteiger partial charge in [0.25, 0.3) is 0 Å². The van der Waals surface area contributed by atoms with Crippen molar-refractivity contribution in [2.24, 2.45) is 0 Å². The maximum Gasteiger partial charge on any atom is 0.205 e. The molecule has 17 heavy (non-hydrogen) atoms. The molecule has 1 saturated heterocycles. The van der Waals surface area contributed by atoms with Gasteiger partial charge in [-0.05, 0) is 12.8 Å². The molecule has 96 valence electrons. The molecule has 1 aliphatic heterocycles. The van der Waals surface area contributed by atoms with E-state index in [2.05, 4.69) is 28.1 Å². The lowest BCUT2D eigenvalue weighted by atomic mass is 10.1. The van der Waals surface area contributed by atoms with E-state index in [4.69, 9.17) is 0 Å². The van der Waals surface area contributed by atoms with Crippen LogP contribution in [0, 0.1) is 0 Å². The van der Waals surface area contributed by atoms with Gasteiger partial charge in [-0.3, -0.25) is 0 Å². The van der Waals surface area contributed by atoms with Crippen LogP contribution in [0.5, 0.6) is 0 Å². The lowest BCUT2D eigenvalue weighted by Crippen LogP contribution is -2.37. The van der Waals surface area contributed by atoms with Crippen LogP contribution < -0.4 is 4.90 Å². The summed E-state index contributed by atoms with van der Waals surface area (Å²) in [7, 11) is 0. The summed E-state index contributed by atoms with van der Waals surface area (Å²) in [5.74, 6) is 1.30. The van der Waals surface area contributed by atoms with E-state index in [1.165, 1.54) is 30.8 Å². The second kappa shape index (κ2) is 5.78. The van der Waals surface area contributed by atoms with Crippen molar-refractivity contribution in [3.8, 4) is 0 Å². The first-order valence-corrected chi connectivity index (χ1v) is 7.21. The molecule has 0 bridgehead atoms. The van der Waals surface area contributed by atoms with E-state index in [0.717, 1.165) is 23.9 Å². The van der Waals surface area contributed by atoms with E-state index < -0.39 is 0 Å². The van der Waals surface area contributed by atoms with Crippen LogP contribution in [0.2, 0.25) is 0 Å². The molecule has 0 amide bonds. The molecule has 0 aliphatic carbocycles. The molecule has 1 aliphatic rings. The van der Waals surface area contributed by atoms with Gasteiger partial charge in [0.15, 0.2) is 0 Å². The van der Waals surface area contributed by atoms with Gasteiger partial charge in [-0.2, -0.15) is 4.37 Å². The molecular formula is C12H21N3OS. The first-order valence-electron chi connectivity index (χ1n) is 6.43. The largest absolute Gasteiger partial charge is 0.394 e. The number of anilines is 1. The lowest BCUT2D eigenvalue weighted by molar-refractivity contribution is 0.255. The Kier molecular flexibility index (Phi) is 4.34. The van der Waals surface area contributed by atoms with Crippen LogP contribution in [0.3, 0.4) is 0 Å². The fourth-order valence-corrected chi connectivity index (χ4v) is 3.10. The number of hydrogen-bond donors (Lipinski definition) is 1. The third-order valence-electron chi connectivity index (χ3n) is 3.28. The van der Waals surface area contributed by atoms with Crippen LogP contribution >= 0.6 is 11.5 Å². The summed E-state index contributed by atoms with van der Waals surface area (Å²) in [6.45, 7) is 5.43. The molecule has 1 fully saturated rings. The molecule has 2 rings (SSSR count). The van der Waals surface area contributed by atoms with Gasteiger partial charge in [0.05, 0.1) is 12.6 Å². The van der Waals surface area contributed by atoms with Crippen molar-refractivity contribution in [2.75, 3.05) is 18.1 Å². The van der Waals surface area contributed by atoms with Crippen molar-refractivity contribution in [1.82, 2.24) is 9.36 Å². The van der Waals surface area contributed by atoms with Crippen molar-refractivity contribution >= 4 is 16.7 Å². The number of aliphatic hydroxyl groups is 1. The number of hydrogen-bond acceptors (Lipinski definition) is 5. The second-order valence-corrected chi connectivity index (χ2v) is 5.70. The lowest BCUT2D eigenvalue weighted by Gasteiger charge is -2.27. The summed E-state index contributed by atoms with van der Waals surface area (Å²) in [4.78, 5) is 6.84. The minimum atomic E-state index is 0.219. The van der Waals surface area contributed by atoms with E-state index in [-0.39, 0.29) is 12.6 Å². The molecular weight excluding hydrogens is 234 g/mol. The van der Waals surface area contributed by atoms with Crippen molar-refractivity contribution in [3.63, 3.8) is 0 Å². The molecule has 1 unspecified atom stereocenters. The fourth-order valence-electron chi connectivity index (χ4n) is 2.20. The Morgan fingerprint density at radius 1 is 1.41 bits per heavy atom. The first-order chi connectivity index (χ1) is 8.22. The summed E-state index contributed by atoms with van der Waals surface area (Å²) in [6, 6.07) is 0.227. The van der Waals surface area contributed by atoms with Gasteiger partial charge in [-0.25, -0.2) is 4.98 Å². The van der Waals surface area contributed by atoms with Crippen molar-refractivity contribution in [3.05, 3.63) is 5.82 Å². The van der Waals surface area contributed by atoms with Gasteiger partial charge in [0.1, 0.15) is 5.82 Å². The number of aromatic nitrogens is 2. The van der Waals surface area contributed by atoms with Gasteiger partial charge in [0, 0.05) is 24.0 Å². The predicted molar refractivity (Wildman–Crippen MR) is 70.7 cm³/mol. The normalized spacial score (nSPS) is 21.9. The summed E-state index contributed by atoms with van der Waals surface area (Å²) in [5, 5.41) is 10.5. The van der Waals surface area contributed by atoms with Crippen LogP contribution in [0.25, 0.3) is 0 Å². The highest BCUT2D eigenvalue weighted by molar-refractivity contribution is 7.09. The minimum Gasteiger partial charge on any atom is -0.394 e. The molecule has 0 aromatic carbocycles. The monoisotopic (exact) mass is 255 g/mol. The highest BCUT2D eigenvalue weighted by Crippen LogP contribution is 2.27. The molecule has 0 saturated carbocycles. The van der Waals surface area contributed by atoms with Gasteiger partial charge in [0.2, 0.25) is 5.13 Å². The Labute approximate surface area is 107 Å². The number of nitrogens with zero attached hydrogens (tertiary/aromatic N) is 3. The van der Waals surface area contributed by atoms with Gasteiger partial charge in [-0.1, -0.05) is 26.7 Å². The van der Waals surface area contributed by atoms with Gasteiger partial charge >= 0.3 is 0 Å². The topological polar surface area (TPSA) is 49.2 Å². The van der Waals surface area contributed by atoms with Crippen LogP contribution in [-0.4, -0.2) is 33.7 Å². The van der Waals surface area contributed by atoms with E-state index in [0.29, 0.717) is 5.92 Å². The Bertz CT molecular complexity index is 353. The van der Waals surface area contributed by atoms with Crippen LogP contribution in [0.4, 0.5) is 5.13 Å². The average molecular weight is 255 g/mol. The van der Waals surface area contributed by atoms with Crippen LogP contribution in [0.15, 0.2) is 0 Å². The van der Waals surface area contributed by atoms with Gasteiger partial charge in [-0.15, -0.1) is 0 Å². The van der Waals surface area contributed by atoms with Gasteiger partial charge < -0.3 is 10.0 Å². The molecule has 0 radical (unpaired) electrons. The summed E-state index contributed by atoms with van der Waals surface area (Å²) in [5.41, 5.74) is 0. The highest BCUT2D eigenvalue weighted by atomic mass is 32.1. The summed E-state index contributed by atoms with van der Waals surface area (Å²) < 4.78 is 4.40. The SMILES string of the molecule is CC(C)c1nsc(N2CCCCCC2CO)n1. The number of rotatable bonds is 3. The zero-order valence-corrected chi connectivity index (χ0v) is 11.4. The molecule has 1 aromatic heterocycles. The predicted octanol–water partition coefficient (Wildman–Crippen LogP) is 2.40. The standard InChI is InChI=1S/C12H21N3OS/c1-9(2)11-13-12(17-14-11)15-7-5-3-4-6-10(15)8-16/h9-10,16H,3-8H2,1-2H3. The zero-order valence-electron chi connectivity index (χ0n) is 10.6. The molecule has 0 spiro atoms. The third-order valence-corrected chi connectivity index (χ3v) is 4.05. The average Bonchev–Trinajstić information content (AvgIpc) is 2.68. The zero-order chi connectivity index (χ0) is 12.3. The quantitative estimate of drug-likeness (QED) is 0.901. The Hall–Kier alpha value is -0.680. The molecule has 1 aromatic rings. The molecule has 4 nitrogen and oxygen atoms in total. The minimum absolute atomic E-state index is 0.219. The summed E-state index contributed by atoms with van der Waals surface area (Å²) >= 11 is 1.47. The molecule has 1 atom stereocenters. The van der Waals surface area contributed by atoms with E-state index in [9.17, 15) is 5.11 Å². The maximum absolute atomic E-state index is 9.48.